The number of carbonyl (C=O) groups is 1. The average molecular weight is 403 g/mol. The second-order valence-corrected chi connectivity index (χ2v) is 8.48. The number of nitrogens with one attached hydrogen (secondary N) is 1. The summed E-state index contributed by atoms with van der Waals surface area (Å²) in [6, 6.07) is 23.4. The van der Waals surface area contributed by atoms with Gasteiger partial charge in [-0.25, -0.2) is 4.98 Å². The lowest BCUT2D eigenvalue weighted by Gasteiger charge is -2.25. The average Bonchev–Trinajstić information content (AvgIpc) is 3.12. The van der Waals surface area contributed by atoms with E-state index in [1.54, 1.807) is 25.2 Å². The number of aromatic nitrogens is 1. The van der Waals surface area contributed by atoms with Crippen molar-refractivity contribution >= 4 is 33.1 Å². The molecule has 0 saturated heterocycles. The van der Waals surface area contributed by atoms with E-state index in [-0.39, 0.29) is 5.91 Å². The van der Waals surface area contributed by atoms with Gasteiger partial charge in [-0.3, -0.25) is 4.79 Å². The van der Waals surface area contributed by atoms with E-state index in [1.165, 1.54) is 10.3 Å². The van der Waals surface area contributed by atoms with Gasteiger partial charge in [0.05, 0.1) is 10.2 Å². The lowest BCUT2D eigenvalue weighted by atomic mass is 10.1. The monoisotopic (exact) mass is 402 g/mol. The van der Waals surface area contributed by atoms with Crippen LogP contribution in [0, 0.1) is 6.92 Å². The van der Waals surface area contributed by atoms with Crippen LogP contribution in [0.5, 0.6) is 5.75 Å². The van der Waals surface area contributed by atoms with E-state index in [1.807, 2.05) is 60.7 Å². The minimum absolute atomic E-state index is 0.204. The van der Waals surface area contributed by atoms with Crippen LogP contribution >= 0.6 is 11.3 Å². The maximum absolute atomic E-state index is 12.7. The van der Waals surface area contributed by atoms with E-state index in [0.29, 0.717) is 5.75 Å². The van der Waals surface area contributed by atoms with Gasteiger partial charge in [0.25, 0.3) is 5.91 Å². The van der Waals surface area contributed by atoms with E-state index in [2.05, 4.69) is 24.4 Å². The molecule has 5 heteroatoms. The van der Waals surface area contributed by atoms with E-state index in [0.717, 1.165) is 21.8 Å². The Balaban J connectivity index is 1.47. The summed E-state index contributed by atoms with van der Waals surface area (Å²) in [6.07, 6.45) is 0. The number of anilines is 1. The van der Waals surface area contributed by atoms with Crippen molar-refractivity contribution in [2.75, 3.05) is 5.32 Å². The molecule has 0 aliphatic rings. The zero-order valence-electron chi connectivity index (χ0n) is 16.6. The number of benzene rings is 3. The van der Waals surface area contributed by atoms with Crippen LogP contribution in [0.25, 0.3) is 20.8 Å². The van der Waals surface area contributed by atoms with Crippen LogP contribution in [0.3, 0.4) is 0 Å². The highest BCUT2D eigenvalue weighted by Crippen LogP contribution is 2.31. The van der Waals surface area contributed by atoms with Gasteiger partial charge >= 0.3 is 0 Å². The quantitative estimate of drug-likeness (QED) is 0.441. The number of fused-ring (bicyclic) bond motifs is 1. The molecular weight excluding hydrogens is 380 g/mol. The van der Waals surface area contributed by atoms with Crippen molar-refractivity contribution < 1.29 is 9.53 Å². The van der Waals surface area contributed by atoms with Crippen molar-refractivity contribution in [2.45, 2.75) is 26.4 Å². The zero-order chi connectivity index (χ0) is 20.4. The summed E-state index contributed by atoms with van der Waals surface area (Å²) in [5.41, 5.74) is 2.99. The molecule has 0 fully saturated rings. The Kier molecular flexibility index (Phi) is 5.07. The van der Waals surface area contributed by atoms with Crippen molar-refractivity contribution in [2.24, 2.45) is 0 Å². The Morgan fingerprint density at radius 1 is 1.00 bits per heavy atom. The number of amides is 1. The van der Waals surface area contributed by atoms with E-state index >= 15 is 0 Å². The number of carbonyl (C=O) groups excluding carboxylic acids is 1. The summed E-state index contributed by atoms with van der Waals surface area (Å²) < 4.78 is 7.03. The molecular formula is C24H22N2O2S. The first-order valence-corrected chi connectivity index (χ1v) is 10.3. The van der Waals surface area contributed by atoms with Crippen molar-refractivity contribution in [1.29, 1.82) is 0 Å². The van der Waals surface area contributed by atoms with Crippen LogP contribution in [-0.2, 0) is 4.79 Å². The molecule has 0 bridgehead atoms. The number of rotatable bonds is 5. The number of para-hydroxylation sites is 1. The standard InChI is InChI=1S/C24H22N2O2S/c1-16-9-14-20-21(15-16)29-22(26-20)17-10-12-18(13-11-17)25-23(27)24(2,3)28-19-7-5-4-6-8-19/h4-15H,1-3H3,(H,25,27). The third kappa shape index (κ3) is 4.30. The first-order chi connectivity index (χ1) is 13.9. The topological polar surface area (TPSA) is 51.2 Å². The number of aryl methyl sites for hydroxylation is 1. The fourth-order valence-corrected chi connectivity index (χ4v) is 4.03. The van der Waals surface area contributed by atoms with Gasteiger partial charge in [0.15, 0.2) is 5.60 Å². The predicted molar refractivity (Wildman–Crippen MR) is 120 cm³/mol. The largest absolute Gasteiger partial charge is 0.478 e. The lowest BCUT2D eigenvalue weighted by molar-refractivity contribution is -0.128. The number of nitrogens with zero attached hydrogens (tertiary/aromatic N) is 1. The Hall–Kier alpha value is -3.18. The summed E-state index contributed by atoms with van der Waals surface area (Å²) in [4.78, 5) is 17.4. The maximum atomic E-state index is 12.7. The van der Waals surface area contributed by atoms with Crippen molar-refractivity contribution in [3.8, 4) is 16.3 Å². The van der Waals surface area contributed by atoms with Crippen LogP contribution in [0.15, 0.2) is 72.8 Å². The van der Waals surface area contributed by atoms with Crippen molar-refractivity contribution in [3.05, 3.63) is 78.4 Å². The summed E-state index contributed by atoms with van der Waals surface area (Å²) in [5.74, 6) is 0.457. The number of thiazole rings is 1. The Morgan fingerprint density at radius 3 is 2.45 bits per heavy atom. The van der Waals surface area contributed by atoms with E-state index in [4.69, 9.17) is 9.72 Å². The molecule has 0 aliphatic heterocycles. The summed E-state index contributed by atoms with van der Waals surface area (Å²) in [7, 11) is 0. The van der Waals surface area contributed by atoms with Gasteiger partial charge < -0.3 is 10.1 Å². The normalized spacial score (nSPS) is 11.4. The minimum Gasteiger partial charge on any atom is -0.478 e. The fourth-order valence-electron chi connectivity index (χ4n) is 2.96. The molecule has 1 N–H and O–H groups in total. The minimum atomic E-state index is -0.995. The van der Waals surface area contributed by atoms with Crippen LogP contribution in [0.2, 0.25) is 0 Å². The predicted octanol–water partition coefficient (Wildman–Crippen LogP) is 6.07. The summed E-state index contributed by atoms with van der Waals surface area (Å²) in [6.45, 7) is 5.60. The molecule has 146 valence electrons. The first-order valence-electron chi connectivity index (χ1n) is 9.44. The molecule has 3 aromatic carbocycles. The van der Waals surface area contributed by atoms with Gasteiger partial charge in [-0.1, -0.05) is 24.3 Å². The molecule has 0 spiro atoms. The molecule has 0 radical (unpaired) electrons. The van der Waals surface area contributed by atoms with Gasteiger partial charge in [-0.05, 0) is 74.9 Å². The maximum Gasteiger partial charge on any atom is 0.267 e. The molecule has 4 rings (SSSR count). The lowest BCUT2D eigenvalue weighted by Crippen LogP contribution is -2.42. The van der Waals surface area contributed by atoms with Crippen LogP contribution in [0.4, 0.5) is 5.69 Å². The van der Waals surface area contributed by atoms with Crippen molar-refractivity contribution in [1.82, 2.24) is 4.98 Å². The molecule has 4 nitrogen and oxygen atoms in total. The van der Waals surface area contributed by atoms with Crippen LogP contribution in [-0.4, -0.2) is 16.5 Å². The van der Waals surface area contributed by atoms with Gasteiger partial charge in [0.2, 0.25) is 0 Å². The second kappa shape index (κ2) is 7.68. The van der Waals surface area contributed by atoms with Crippen LogP contribution < -0.4 is 10.1 Å². The van der Waals surface area contributed by atoms with E-state index in [9.17, 15) is 4.79 Å². The van der Waals surface area contributed by atoms with E-state index < -0.39 is 5.60 Å². The van der Waals surface area contributed by atoms with Crippen LogP contribution in [0.1, 0.15) is 19.4 Å². The molecule has 29 heavy (non-hydrogen) atoms. The highest BCUT2D eigenvalue weighted by atomic mass is 32.1. The zero-order valence-corrected chi connectivity index (χ0v) is 17.4. The molecule has 0 aliphatic carbocycles. The Labute approximate surface area is 174 Å². The molecule has 1 heterocycles. The highest BCUT2D eigenvalue weighted by Gasteiger charge is 2.30. The molecule has 0 saturated carbocycles. The Bertz CT molecular complexity index is 1150. The molecule has 4 aromatic rings. The van der Waals surface area contributed by atoms with Gasteiger partial charge in [0, 0.05) is 11.3 Å². The van der Waals surface area contributed by atoms with Gasteiger partial charge in [0.1, 0.15) is 10.8 Å². The number of hydrogen-bond acceptors (Lipinski definition) is 4. The molecule has 1 aromatic heterocycles. The summed E-state index contributed by atoms with van der Waals surface area (Å²) in [5, 5.41) is 3.90. The SMILES string of the molecule is Cc1ccc2nc(-c3ccc(NC(=O)C(C)(C)Oc4ccccc4)cc3)sc2c1. The van der Waals surface area contributed by atoms with Crippen molar-refractivity contribution in [3.63, 3.8) is 0 Å². The molecule has 1 amide bonds. The number of hydrogen-bond donors (Lipinski definition) is 1. The molecule has 0 atom stereocenters. The third-order valence-corrected chi connectivity index (χ3v) is 5.66. The second-order valence-electron chi connectivity index (χ2n) is 7.45. The fraction of sp³-hybridized carbons (Fsp3) is 0.167. The molecule has 0 unspecified atom stereocenters. The first kappa shape index (κ1) is 19.2. The summed E-state index contributed by atoms with van der Waals surface area (Å²) >= 11 is 1.67. The smallest absolute Gasteiger partial charge is 0.267 e. The van der Waals surface area contributed by atoms with Gasteiger partial charge in [-0.2, -0.15) is 0 Å². The highest BCUT2D eigenvalue weighted by molar-refractivity contribution is 7.21. The van der Waals surface area contributed by atoms with Gasteiger partial charge in [-0.15, -0.1) is 11.3 Å². The Morgan fingerprint density at radius 2 is 1.72 bits per heavy atom. The number of ether oxygens (including phenoxy) is 1. The third-order valence-electron chi connectivity index (χ3n) is 4.60.